The van der Waals surface area contributed by atoms with Gasteiger partial charge in [-0.15, -0.1) is 0 Å². The highest BCUT2D eigenvalue weighted by atomic mass is 19.4. The molecule has 1 aliphatic heterocycles. The summed E-state index contributed by atoms with van der Waals surface area (Å²) in [5.74, 6) is -1.92. The maximum atomic E-state index is 14.0. The van der Waals surface area contributed by atoms with Crippen molar-refractivity contribution in [2.75, 3.05) is 6.61 Å². The summed E-state index contributed by atoms with van der Waals surface area (Å²) in [7, 11) is -0.820. The Bertz CT molecular complexity index is 511. The molecule has 0 radical (unpaired) electrons. The molecule has 0 aromatic heterocycles. The number of aliphatic imine (C=N–C) groups is 1. The lowest BCUT2D eigenvalue weighted by atomic mass is 9.79. The minimum atomic E-state index is -4.60. The summed E-state index contributed by atoms with van der Waals surface area (Å²) < 4.78 is 66.0. The molecule has 4 nitrogen and oxygen atoms in total. The number of hydrogen-bond donors (Lipinski definition) is 0. The second kappa shape index (κ2) is 6.64. The Balaban J connectivity index is 2.91. The lowest BCUT2D eigenvalue weighted by Gasteiger charge is -2.32. The van der Waals surface area contributed by atoms with Crippen LogP contribution in [0.1, 0.15) is 34.6 Å². The zero-order valence-electron chi connectivity index (χ0n) is 13.8. The van der Waals surface area contributed by atoms with Crippen LogP contribution in [0.3, 0.4) is 0 Å². The average Bonchev–Trinajstić information content (AvgIpc) is 2.57. The molecule has 0 aliphatic carbocycles. The van der Waals surface area contributed by atoms with Crippen LogP contribution in [0.5, 0.6) is 0 Å². The van der Waals surface area contributed by atoms with Crippen molar-refractivity contribution in [2.24, 2.45) is 4.99 Å². The molecule has 0 amide bonds. The fraction of sp³-hybridized carbons (Fsp3) is 0.643. The first-order valence-electron chi connectivity index (χ1n) is 6.89. The zero-order valence-corrected chi connectivity index (χ0v) is 13.8. The van der Waals surface area contributed by atoms with Crippen LogP contribution in [0.15, 0.2) is 28.3 Å². The largest absolute Gasteiger partial charge is 0.490 e. The summed E-state index contributed by atoms with van der Waals surface area (Å²) in [6.07, 6.45) is -3.64. The summed E-state index contributed by atoms with van der Waals surface area (Å²) in [6, 6.07) is 0. The van der Waals surface area contributed by atoms with Crippen LogP contribution in [-0.4, -0.2) is 37.8 Å². The first kappa shape index (κ1) is 19.7. The first-order chi connectivity index (χ1) is 10.3. The van der Waals surface area contributed by atoms with Gasteiger partial charge in [0.1, 0.15) is 0 Å². The number of alkyl halides is 3. The standard InChI is InChI=1S/C14H20BF4NO3/c1-9(15-22-12(2,3)13(4,5)23-15)7-10(16)11(20-6)21-8-14(17,18)19/h7H,6,8H2,1-5H3/b9-7+,11-10-. The van der Waals surface area contributed by atoms with E-state index in [0.29, 0.717) is 5.47 Å². The number of rotatable bonds is 5. The van der Waals surface area contributed by atoms with Gasteiger partial charge in [-0.1, -0.05) is 0 Å². The van der Waals surface area contributed by atoms with E-state index in [1.807, 2.05) is 27.7 Å². The van der Waals surface area contributed by atoms with E-state index in [2.05, 4.69) is 16.4 Å². The molecule has 0 aromatic rings. The Labute approximate surface area is 133 Å². The minimum absolute atomic E-state index is 0.331. The summed E-state index contributed by atoms with van der Waals surface area (Å²) in [6.45, 7) is 10.2. The van der Waals surface area contributed by atoms with Gasteiger partial charge < -0.3 is 14.0 Å². The fourth-order valence-corrected chi connectivity index (χ4v) is 1.70. The molecule has 0 bridgehead atoms. The fourth-order valence-electron chi connectivity index (χ4n) is 1.70. The van der Waals surface area contributed by atoms with Gasteiger partial charge in [-0.2, -0.15) is 13.2 Å². The van der Waals surface area contributed by atoms with Crippen molar-refractivity contribution in [3.63, 3.8) is 0 Å². The third-order valence-corrected chi connectivity index (χ3v) is 3.70. The van der Waals surface area contributed by atoms with E-state index in [9.17, 15) is 17.6 Å². The second-order valence-corrected chi connectivity index (χ2v) is 6.19. The van der Waals surface area contributed by atoms with E-state index in [1.165, 1.54) is 6.92 Å². The van der Waals surface area contributed by atoms with Crippen LogP contribution in [0.2, 0.25) is 0 Å². The highest BCUT2D eigenvalue weighted by Crippen LogP contribution is 2.38. The van der Waals surface area contributed by atoms with E-state index in [-0.39, 0.29) is 0 Å². The predicted octanol–water partition coefficient (Wildman–Crippen LogP) is 3.98. The molecule has 0 aromatic carbocycles. The molecule has 1 rings (SSSR count). The van der Waals surface area contributed by atoms with Crippen LogP contribution in [0.4, 0.5) is 17.6 Å². The summed E-state index contributed by atoms with van der Waals surface area (Å²) >= 11 is 0. The van der Waals surface area contributed by atoms with Crippen molar-refractivity contribution < 1.29 is 31.6 Å². The molecular weight excluding hydrogens is 317 g/mol. The van der Waals surface area contributed by atoms with Gasteiger partial charge in [-0.25, -0.2) is 9.38 Å². The lowest BCUT2D eigenvalue weighted by Crippen LogP contribution is -2.41. The zero-order chi connectivity index (χ0) is 18.1. The van der Waals surface area contributed by atoms with Gasteiger partial charge in [0, 0.05) is 0 Å². The molecule has 0 atom stereocenters. The van der Waals surface area contributed by atoms with Gasteiger partial charge in [0.2, 0.25) is 5.88 Å². The van der Waals surface area contributed by atoms with Gasteiger partial charge >= 0.3 is 13.3 Å². The Morgan fingerprint density at radius 3 is 2.09 bits per heavy atom. The van der Waals surface area contributed by atoms with E-state index >= 15 is 0 Å². The summed E-state index contributed by atoms with van der Waals surface area (Å²) in [4.78, 5) is 3.13. The van der Waals surface area contributed by atoms with Gasteiger partial charge in [-0.3, -0.25) is 0 Å². The van der Waals surface area contributed by atoms with Crippen molar-refractivity contribution >= 4 is 13.8 Å². The maximum absolute atomic E-state index is 14.0. The van der Waals surface area contributed by atoms with Crippen molar-refractivity contribution in [3.05, 3.63) is 23.3 Å². The molecule has 9 heteroatoms. The second-order valence-electron chi connectivity index (χ2n) is 6.19. The Kier molecular flexibility index (Phi) is 5.69. The normalized spacial score (nSPS) is 22.0. The van der Waals surface area contributed by atoms with Crippen molar-refractivity contribution in [2.45, 2.75) is 52.0 Å². The number of ether oxygens (including phenoxy) is 1. The van der Waals surface area contributed by atoms with Gasteiger partial charge in [0.05, 0.1) is 11.2 Å². The minimum Gasteiger partial charge on any atom is -0.466 e. The monoisotopic (exact) mass is 337 g/mol. The lowest BCUT2D eigenvalue weighted by molar-refractivity contribution is -0.165. The van der Waals surface area contributed by atoms with Crippen LogP contribution >= 0.6 is 0 Å². The Morgan fingerprint density at radius 1 is 1.22 bits per heavy atom. The Morgan fingerprint density at radius 2 is 1.70 bits per heavy atom. The van der Waals surface area contributed by atoms with E-state index in [0.717, 1.165) is 6.08 Å². The van der Waals surface area contributed by atoms with Crippen LogP contribution < -0.4 is 0 Å². The van der Waals surface area contributed by atoms with E-state index in [4.69, 9.17) is 9.31 Å². The molecule has 0 spiro atoms. The van der Waals surface area contributed by atoms with Crippen molar-refractivity contribution in [3.8, 4) is 0 Å². The van der Waals surface area contributed by atoms with Crippen molar-refractivity contribution in [1.82, 2.24) is 0 Å². The first-order valence-corrected chi connectivity index (χ1v) is 6.89. The molecule has 1 fully saturated rings. The molecule has 1 aliphatic rings. The maximum Gasteiger partial charge on any atom is 0.490 e. The number of nitrogens with zero attached hydrogens (tertiary/aromatic N) is 1. The highest BCUT2D eigenvalue weighted by molar-refractivity contribution is 6.54. The van der Waals surface area contributed by atoms with E-state index in [1.54, 1.807) is 0 Å². The number of allylic oxidation sites excluding steroid dienone is 3. The van der Waals surface area contributed by atoms with Crippen molar-refractivity contribution in [1.29, 1.82) is 0 Å². The molecule has 0 unspecified atom stereocenters. The molecule has 1 heterocycles. The Hall–Kier alpha value is -1.35. The molecular formula is C14H20BF4NO3. The summed E-state index contributed by atoms with van der Waals surface area (Å²) in [5, 5.41) is 0. The average molecular weight is 337 g/mol. The number of hydrogen-bond acceptors (Lipinski definition) is 4. The number of halogens is 4. The molecule has 0 saturated carbocycles. The predicted molar refractivity (Wildman–Crippen MR) is 79.5 cm³/mol. The third-order valence-electron chi connectivity index (χ3n) is 3.70. The molecule has 130 valence electrons. The van der Waals surface area contributed by atoms with E-state index < -0.39 is 42.8 Å². The quantitative estimate of drug-likeness (QED) is 0.250. The highest BCUT2D eigenvalue weighted by Gasteiger charge is 2.51. The van der Waals surface area contributed by atoms with Gasteiger partial charge in [0.25, 0.3) is 0 Å². The van der Waals surface area contributed by atoms with Crippen LogP contribution in [0, 0.1) is 0 Å². The summed E-state index contributed by atoms with van der Waals surface area (Å²) in [5.41, 5.74) is -0.892. The van der Waals surface area contributed by atoms with Crippen LogP contribution in [-0.2, 0) is 14.0 Å². The van der Waals surface area contributed by atoms with Gasteiger partial charge in [0.15, 0.2) is 12.4 Å². The topological polar surface area (TPSA) is 40.0 Å². The smallest absolute Gasteiger partial charge is 0.466 e. The molecule has 23 heavy (non-hydrogen) atoms. The third kappa shape index (κ3) is 5.07. The van der Waals surface area contributed by atoms with Crippen LogP contribution in [0.25, 0.3) is 0 Å². The molecule has 0 N–H and O–H groups in total. The SMILES string of the molecule is C=N/C(OCC(F)(F)F)=C(F)\C=C(/C)B1OC(C)(C)C(C)(C)O1. The molecule has 1 saturated heterocycles. The van der Waals surface area contributed by atoms with Gasteiger partial charge in [-0.05, 0) is 52.9 Å².